The minimum absolute atomic E-state index is 0.0533. The second-order valence-electron chi connectivity index (χ2n) is 7.40. The molecule has 1 N–H and O–H groups in total. The molecular weight excluding hydrogens is 302 g/mol. The first-order chi connectivity index (χ1) is 11.6. The molecule has 2 aliphatic rings. The Hall–Kier alpha value is -1.39. The first kappa shape index (κ1) is 17.4. The highest BCUT2D eigenvalue weighted by Crippen LogP contribution is 2.40. The Balaban J connectivity index is 1.82. The highest BCUT2D eigenvalue weighted by atomic mass is 16.6. The van der Waals surface area contributed by atoms with Crippen molar-refractivity contribution in [2.24, 2.45) is 5.92 Å². The van der Waals surface area contributed by atoms with Gasteiger partial charge < -0.3 is 14.7 Å². The number of rotatable bonds is 4. The average molecular weight is 331 g/mol. The fourth-order valence-electron chi connectivity index (χ4n) is 4.19. The van der Waals surface area contributed by atoms with Crippen LogP contribution in [0, 0.1) is 5.92 Å². The number of likely N-dealkylation sites (tertiary alicyclic amines) is 1. The molecule has 1 saturated heterocycles. The van der Waals surface area contributed by atoms with E-state index in [4.69, 9.17) is 4.74 Å². The number of likely N-dealkylation sites (N-methyl/N-ethyl adjacent to an activating group) is 1. The van der Waals surface area contributed by atoms with Crippen LogP contribution in [0.15, 0.2) is 30.3 Å². The van der Waals surface area contributed by atoms with Gasteiger partial charge in [0.05, 0.1) is 0 Å². The number of carbonyl (C=O) groups is 1. The Morgan fingerprint density at radius 2 is 1.83 bits per heavy atom. The second-order valence-corrected chi connectivity index (χ2v) is 7.40. The summed E-state index contributed by atoms with van der Waals surface area (Å²) in [5.74, 6) is -0.511. The van der Waals surface area contributed by atoms with Gasteiger partial charge in [0.2, 0.25) is 0 Å². The van der Waals surface area contributed by atoms with Gasteiger partial charge in [-0.1, -0.05) is 49.6 Å². The molecule has 1 aliphatic heterocycles. The fraction of sp³-hybridized carbons (Fsp3) is 0.650. The van der Waals surface area contributed by atoms with E-state index in [0.717, 1.165) is 51.6 Å². The summed E-state index contributed by atoms with van der Waals surface area (Å²) in [6.07, 6.45) is 6.88. The standard InChI is InChI=1S/C20H29NO3/c1-21-14-8-13-18(15-21)24-19(22)20(23,16-9-4-2-5-10-16)17-11-6-3-7-12-17/h2,4-5,9-10,17-18,23H,3,6-8,11-15H2,1H3/t18-,20-/m0/s1. The number of benzene rings is 1. The molecule has 0 unspecified atom stereocenters. The molecule has 24 heavy (non-hydrogen) atoms. The molecule has 4 nitrogen and oxygen atoms in total. The fourth-order valence-corrected chi connectivity index (χ4v) is 4.19. The number of nitrogens with zero attached hydrogens (tertiary/aromatic N) is 1. The van der Waals surface area contributed by atoms with E-state index in [-0.39, 0.29) is 12.0 Å². The molecule has 0 aromatic heterocycles. The van der Waals surface area contributed by atoms with Crippen molar-refractivity contribution in [2.45, 2.75) is 56.7 Å². The van der Waals surface area contributed by atoms with Crippen LogP contribution in [0.2, 0.25) is 0 Å². The number of aliphatic hydroxyl groups is 1. The van der Waals surface area contributed by atoms with E-state index in [1.54, 1.807) is 0 Å². The van der Waals surface area contributed by atoms with Crippen LogP contribution in [-0.4, -0.2) is 42.2 Å². The molecule has 1 aliphatic carbocycles. The quantitative estimate of drug-likeness (QED) is 0.862. The maximum atomic E-state index is 13.0. The van der Waals surface area contributed by atoms with Crippen LogP contribution < -0.4 is 0 Å². The molecule has 2 fully saturated rings. The topological polar surface area (TPSA) is 49.8 Å². The normalized spacial score (nSPS) is 25.8. The number of carbonyl (C=O) groups excluding carboxylic acids is 1. The molecule has 4 heteroatoms. The van der Waals surface area contributed by atoms with Gasteiger partial charge in [-0.05, 0) is 44.8 Å². The van der Waals surface area contributed by atoms with Gasteiger partial charge >= 0.3 is 5.97 Å². The largest absolute Gasteiger partial charge is 0.459 e. The summed E-state index contributed by atoms with van der Waals surface area (Å²) in [6.45, 7) is 1.79. The van der Waals surface area contributed by atoms with Crippen molar-refractivity contribution in [3.63, 3.8) is 0 Å². The lowest BCUT2D eigenvalue weighted by atomic mass is 9.73. The van der Waals surface area contributed by atoms with Crippen molar-refractivity contribution in [1.29, 1.82) is 0 Å². The van der Waals surface area contributed by atoms with Gasteiger partial charge in [-0.25, -0.2) is 4.79 Å². The van der Waals surface area contributed by atoms with Crippen LogP contribution >= 0.6 is 0 Å². The van der Waals surface area contributed by atoms with E-state index >= 15 is 0 Å². The van der Waals surface area contributed by atoms with Crippen molar-refractivity contribution in [2.75, 3.05) is 20.1 Å². The minimum Gasteiger partial charge on any atom is -0.459 e. The van der Waals surface area contributed by atoms with Gasteiger partial charge in [0.25, 0.3) is 0 Å². The lowest BCUT2D eigenvalue weighted by Crippen LogP contribution is -2.48. The predicted octanol–water partition coefficient (Wildman–Crippen LogP) is 3.09. The van der Waals surface area contributed by atoms with Crippen molar-refractivity contribution in [1.82, 2.24) is 4.90 Å². The molecular formula is C20H29NO3. The monoisotopic (exact) mass is 331 g/mol. The molecule has 0 bridgehead atoms. The van der Waals surface area contributed by atoms with Gasteiger partial charge in [0, 0.05) is 12.5 Å². The summed E-state index contributed by atoms with van der Waals surface area (Å²) >= 11 is 0. The number of esters is 1. The van der Waals surface area contributed by atoms with Crippen molar-refractivity contribution >= 4 is 5.97 Å². The van der Waals surface area contributed by atoms with Gasteiger partial charge in [-0.3, -0.25) is 0 Å². The van der Waals surface area contributed by atoms with E-state index in [9.17, 15) is 9.90 Å². The Labute approximate surface area is 144 Å². The first-order valence-electron chi connectivity index (χ1n) is 9.28. The number of piperidine rings is 1. The third-order valence-electron chi connectivity index (χ3n) is 5.58. The van der Waals surface area contributed by atoms with Crippen LogP contribution in [0.3, 0.4) is 0 Å². The van der Waals surface area contributed by atoms with Crippen LogP contribution in [0.4, 0.5) is 0 Å². The summed E-state index contributed by atoms with van der Waals surface area (Å²) in [5, 5.41) is 11.5. The van der Waals surface area contributed by atoms with Crippen molar-refractivity contribution in [3.8, 4) is 0 Å². The maximum Gasteiger partial charge on any atom is 0.343 e. The Morgan fingerprint density at radius 1 is 1.12 bits per heavy atom. The zero-order valence-corrected chi connectivity index (χ0v) is 14.6. The SMILES string of the molecule is CN1CCC[C@H](OC(=O)[C@](O)(c2ccccc2)C2CCCCC2)C1. The van der Waals surface area contributed by atoms with Crippen LogP contribution in [0.25, 0.3) is 0 Å². The van der Waals surface area contributed by atoms with Crippen molar-refractivity contribution < 1.29 is 14.6 Å². The Bertz CT molecular complexity index is 541. The molecule has 132 valence electrons. The van der Waals surface area contributed by atoms with Gasteiger partial charge in [-0.15, -0.1) is 0 Å². The molecule has 0 radical (unpaired) electrons. The molecule has 0 spiro atoms. The van der Waals surface area contributed by atoms with E-state index in [2.05, 4.69) is 4.90 Å². The zero-order chi connectivity index (χ0) is 17.0. The Morgan fingerprint density at radius 3 is 2.50 bits per heavy atom. The maximum absolute atomic E-state index is 13.0. The van der Waals surface area contributed by atoms with E-state index in [0.29, 0.717) is 5.56 Å². The highest BCUT2D eigenvalue weighted by Gasteiger charge is 2.47. The smallest absolute Gasteiger partial charge is 0.343 e. The van der Waals surface area contributed by atoms with Gasteiger partial charge in [0.1, 0.15) is 6.10 Å². The average Bonchev–Trinajstić information content (AvgIpc) is 2.62. The lowest BCUT2D eigenvalue weighted by molar-refractivity contribution is -0.183. The molecule has 0 amide bonds. The third-order valence-corrected chi connectivity index (χ3v) is 5.58. The summed E-state index contributed by atoms with van der Waals surface area (Å²) in [5.41, 5.74) is -0.844. The van der Waals surface area contributed by atoms with Crippen LogP contribution in [-0.2, 0) is 15.1 Å². The molecule has 1 saturated carbocycles. The summed E-state index contributed by atoms with van der Waals surface area (Å²) in [4.78, 5) is 15.2. The van der Waals surface area contributed by atoms with E-state index in [1.807, 2.05) is 37.4 Å². The third kappa shape index (κ3) is 3.65. The summed E-state index contributed by atoms with van der Waals surface area (Å²) in [7, 11) is 2.05. The zero-order valence-electron chi connectivity index (χ0n) is 14.6. The first-order valence-corrected chi connectivity index (χ1v) is 9.28. The molecule has 3 rings (SSSR count). The van der Waals surface area contributed by atoms with Crippen molar-refractivity contribution in [3.05, 3.63) is 35.9 Å². The van der Waals surface area contributed by atoms with E-state index in [1.165, 1.54) is 6.42 Å². The summed E-state index contributed by atoms with van der Waals surface area (Å²) in [6, 6.07) is 9.37. The predicted molar refractivity (Wildman–Crippen MR) is 93.5 cm³/mol. The minimum atomic E-state index is -1.52. The molecule has 1 heterocycles. The van der Waals surface area contributed by atoms with E-state index < -0.39 is 11.6 Å². The summed E-state index contributed by atoms with van der Waals surface area (Å²) < 4.78 is 5.80. The number of hydrogen-bond acceptors (Lipinski definition) is 4. The Kier molecular flexibility index (Phi) is 5.57. The lowest BCUT2D eigenvalue weighted by Gasteiger charge is -2.38. The van der Waals surface area contributed by atoms with Crippen LogP contribution in [0.5, 0.6) is 0 Å². The molecule has 1 aromatic rings. The number of hydrogen-bond donors (Lipinski definition) is 1. The second kappa shape index (κ2) is 7.66. The van der Waals surface area contributed by atoms with Gasteiger partial charge in [-0.2, -0.15) is 0 Å². The number of ether oxygens (including phenoxy) is 1. The van der Waals surface area contributed by atoms with Gasteiger partial charge in [0.15, 0.2) is 5.60 Å². The van der Waals surface area contributed by atoms with Crippen LogP contribution in [0.1, 0.15) is 50.5 Å². The molecule has 1 aromatic carbocycles. The highest BCUT2D eigenvalue weighted by molar-refractivity contribution is 5.81. The molecule has 2 atom stereocenters.